The molecule has 0 bridgehead atoms. The molecule has 0 fully saturated rings. The van der Waals surface area contributed by atoms with Crippen LogP contribution in [0, 0.1) is 9.85 Å². The van der Waals surface area contributed by atoms with Gasteiger partial charge < -0.3 is 9.47 Å². The molecule has 4 heteroatoms. The van der Waals surface area contributed by atoms with Crippen LogP contribution in [0.25, 0.3) is 0 Å². The first kappa shape index (κ1) is 19.6. The second kappa shape index (κ2) is 16.6. The van der Waals surface area contributed by atoms with E-state index in [1.165, 1.54) is 51.4 Å². The number of ether oxygens (including phenoxy) is 2. The summed E-state index contributed by atoms with van der Waals surface area (Å²) in [6, 6.07) is 0. The van der Waals surface area contributed by atoms with Gasteiger partial charge in [-0.2, -0.15) is 0 Å². The fraction of sp³-hybridized carbons (Fsp3) is 0.812. The normalized spacial score (nSPS) is 9.70. The van der Waals surface area contributed by atoms with E-state index in [0.29, 0.717) is 6.61 Å². The zero-order chi connectivity index (χ0) is 14.9. The second-order valence-electron chi connectivity index (χ2n) is 4.84. The topological polar surface area (TPSA) is 35.5 Å². The Bertz CT molecular complexity index is 281. The molecule has 0 radical (unpaired) electrons. The molecule has 0 unspecified atom stereocenters. The lowest BCUT2D eigenvalue weighted by Crippen LogP contribution is -2.08. The maximum absolute atomic E-state index is 11.1. The number of unbranched alkanes of at least 4 members (excludes halogenated alkanes) is 9. The summed E-state index contributed by atoms with van der Waals surface area (Å²) in [5.74, 6) is 2.64. The molecule has 0 aromatic rings. The van der Waals surface area contributed by atoms with Gasteiger partial charge in [0.25, 0.3) is 0 Å². The molecule has 0 spiro atoms. The van der Waals surface area contributed by atoms with Crippen LogP contribution in [-0.4, -0.2) is 19.4 Å². The van der Waals surface area contributed by atoms with Gasteiger partial charge in [0.05, 0.1) is 6.61 Å². The lowest BCUT2D eigenvalue weighted by atomic mass is 10.1. The first-order valence-corrected chi connectivity index (χ1v) is 8.77. The van der Waals surface area contributed by atoms with Crippen LogP contribution in [0.1, 0.15) is 71.1 Å². The minimum Gasteiger partial charge on any atom is -0.434 e. The minimum atomic E-state index is -0.611. The molecule has 0 aliphatic carbocycles. The van der Waals surface area contributed by atoms with Crippen molar-refractivity contribution in [1.29, 1.82) is 0 Å². The minimum absolute atomic E-state index is 0.111. The van der Waals surface area contributed by atoms with Gasteiger partial charge in [-0.05, 0) is 10.3 Å². The van der Waals surface area contributed by atoms with E-state index in [0.717, 1.165) is 12.8 Å². The Morgan fingerprint density at radius 3 is 2.00 bits per heavy atom. The summed E-state index contributed by atoms with van der Waals surface area (Å²) in [7, 11) is 0. The smallest absolute Gasteiger partial charge is 0.434 e. The number of hydrogen-bond acceptors (Lipinski definition) is 3. The lowest BCUT2D eigenvalue weighted by Gasteiger charge is -2.04. The SMILES string of the molecule is CCCCCCCCCCCCOC(=O)OCC#CI. The zero-order valence-electron chi connectivity index (χ0n) is 12.6. The van der Waals surface area contributed by atoms with Gasteiger partial charge in [0.1, 0.15) is 0 Å². The van der Waals surface area contributed by atoms with Gasteiger partial charge in [0.15, 0.2) is 6.61 Å². The Morgan fingerprint density at radius 1 is 0.900 bits per heavy atom. The maximum atomic E-state index is 11.1. The summed E-state index contributed by atoms with van der Waals surface area (Å²) >= 11 is 1.90. The van der Waals surface area contributed by atoms with Crippen molar-refractivity contribution in [3.05, 3.63) is 0 Å². The van der Waals surface area contributed by atoms with Gasteiger partial charge in [-0.3, -0.25) is 0 Å². The van der Waals surface area contributed by atoms with Crippen molar-refractivity contribution in [2.45, 2.75) is 71.1 Å². The van der Waals surface area contributed by atoms with Crippen LogP contribution in [0.15, 0.2) is 0 Å². The Morgan fingerprint density at radius 2 is 1.45 bits per heavy atom. The number of halogens is 1. The highest BCUT2D eigenvalue weighted by Gasteiger charge is 2.01. The summed E-state index contributed by atoms with van der Waals surface area (Å²) in [5, 5.41) is 0. The van der Waals surface area contributed by atoms with Gasteiger partial charge in [-0.1, -0.05) is 70.6 Å². The fourth-order valence-corrected chi connectivity index (χ4v) is 2.06. The highest BCUT2D eigenvalue weighted by Crippen LogP contribution is 2.10. The first-order chi connectivity index (χ1) is 9.81. The van der Waals surface area contributed by atoms with Gasteiger partial charge in [-0.25, -0.2) is 4.79 Å². The van der Waals surface area contributed by atoms with E-state index in [9.17, 15) is 4.79 Å². The summed E-state index contributed by atoms with van der Waals surface area (Å²) in [6.07, 6.45) is 12.1. The third-order valence-electron chi connectivity index (χ3n) is 3.05. The Balaban J connectivity index is 3.12. The number of carbonyl (C=O) groups is 1. The van der Waals surface area contributed by atoms with E-state index in [2.05, 4.69) is 16.8 Å². The van der Waals surface area contributed by atoms with Crippen molar-refractivity contribution in [2.75, 3.05) is 13.2 Å². The number of carbonyl (C=O) groups excluding carboxylic acids is 1. The monoisotopic (exact) mass is 394 g/mol. The third-order valence-corrected chi connectivity index (χ3v) is 3.43. The molecule has 0 aliphatic heterocycles. The molecule has 0 aromatic carbocycles. The molecule has 0 N–H and O–H groups in total. The molecule has 0 atom stereocenters. The molecule has 0 saturated carbocycles. The summed E-state index contributed by atoms with van der Waals surface area (Å²) in [4.78, 5) is 11.1. The van der Waals surface area contributed by atoms with E-state index < -0.39 is 6.16 Å². The summed E-state index contributed by atoms with van der Waals surface area (Å²) in [5.41, 5.74) is 0. The first-order valence-electron chi connectivity index (χ1n) is 7.69. The van der Waals surface area contributed by atoms with Gasteiger partial charge in [0, 0.05) is 22.6 Å². The van der Waals surface area contributed by atoms with Gasteiger partial charge >= 0.3 is 6.16 Å². The van der Waals surface area contributed by atoms with Crippen molar-refractivity contribution >= 4 is 28.7 Å². The molecule has 0 aliphatic rings. The average molecular weight is 394 g/mol. The van der Waals surface area contributed by atoms with Crippen LogP contribution >= 0.6 is 22.6 Å². The van der Waals surface area contributed by atoms with Gasteiger partial charge in [0.2, 0.25) is 0 Å². The molecule has 3 nitrogen and oxygen atoms in total. The number of hydrogen-bond donors (Lipinski definition) is 0. The van der Waals surface area contributed by atoms with Gasteiger partial charge in [-0.15, -0.1) is 0 Å². The molecular weight excluding hydrogens is 367 g/mol. The zero-order valence-corrected chi connectivity index (χ0v) is 14.7. The third kappa shape index (κ3) is 15.6. The highest BCUT2D eigenvalue weighted by atomic mass is 127. The van der Waals surface area contributed by atoms with Crippen molar-refractivity contribution in [3.63, 3.8) is 0 Å². The summed E-state index contributed by atoms with van der Waals surface area (Å²) in [6.45, 7) is 2.81. The predicted molar refractivity (Wildman–Crippen MR) is 90.9 cm³/mol. The predicted octanol–water partition coefficient (Wildman–Crippen LogP) is 5.46. The van der Waals surface area contributed by atoms with Crippen LogP contribution in [0.4, 0.5) is 4.79 Å². The van der Waals surface area contributed by atoms with Crippen LogP contribution in [-0.2, 0) is 9.47 Å². The largest absolute Gasteiger partial charge is 0.509 e. The molecule has 0 amide bonds. The van der Waals surface area contributed by atoms with Crippen LogP contribution in [0.5, 0.6) is 0 Å². The van der Waals surface area contributed by atoms with Crippen LogP contribution in [0.3, 0.4) is 0 Å². The second-order valence-corrected chi connectivity index (χ2v) is 5.38. The highest BCUT2D eigenvalue weighted by molar-refractivity contribution is 14.1. The molecular formula is C16H27IO3. The van der Waals surface area contributed by atoms with Crippen LogP contribution in [0.2, 0.25) is 0 Å². The molecule has 0 rings (SSSR count). The van der Waals surface area contributed by atoms with Crippen molar-refractivity contribution in [2.24, 2.45) is 0 Å². The van der Waals surface area contributed by atoms with E-state index >= 15 is 0 Å². The molecule has 116 valence electrons. The number of rotatable bonds is 12. The fourth-order valence-electron chi connectivity index (χ4n) is 1.91. The Hall–Kier alpha value is -0.440. The Labute approximate surface area is 137 Å². The van der Waals surface area contributed by atoms with Crippen molar-refractivity contribution in [1.82, 2.24) is 0 Å². The van der Waals surface area contributed by atoms with Crippen molar-refractivity contribution in [3.8, 4) is 9.85 Å². The molecule has 0 saturated heterocycles. The van der Waals surface area contributed by atoms with E-state index in [1.807, 2.05) is 22.6 Å². The summed E-state index contributed by atoms with van der Waals surface area (Å²) < 4.78 is 12.3. The quantitative estimate of drug-likeness (QED) is 0.191. The molecule has 0 heterocycles. The molecule has 0 aromatic heterocycles. The van der Waals surface area contributed by atoms with E-state index in [1.54, 1.807) is 0 Å². The van der Waals surface area contributed by atoms with E-state index in [4.69, 9.17) is 9.47 Å². The van der Waals surface area contributed by atoms with Crippen LogP contribution < -0.4 is 0 Å². The van der Waals surface area contributed by atoms with Crippen molar-refractivity contribution < 1.29 is 14.3 Å². The standard InChI is InChI=1S/C16H27IO3/c1-2-3-4-5-6-7-8-9-10-11-14-19-16(18)20-15-12-13-17/h2-11,14-15H2,1H3. The Kier molecular flexibility index (Phi) is 16.2. The lowest BCUT2D eigenvalue weighted by molar-refractivity contribution is 0.0632. The maximum Gasteiger partial charge on any atom is 0.509 e. The van der Waals surface area contributed by atoms with E-state index in [-0.39, 0.29) is 6.61 Å². The average Bonchev–Trinajstić information content (AvgIpc) is 2.45. The molecule has 20 heavy (non-hydrogen) atoms.